The number of phenols is 1. The van der Waals surface area contributed by atoms with Crippen molar-refractivity contribution in [1.29, 1.82) is 0 Å². The maximum Gasteiger partial charge on any atom is 0.323 e. The highest BCUT2D eigenvalue weighted by Gasteiger charge is 2.64. The minimum absolute atomic E-state index is 0.0289. The van der Waals surface area contributed by atoms with Crippen molar-refractivity contribution >= 4 is 46.3 Å². The Morgan fingerprint density at radius 3 is 2.26 bits per heavy atom. The lowest BCUT2D eigenvalue weighted by molar-refractivity contribution is -0.153. The molecule has 13 heteroatoms. The van der Waals surface area contributed by atoms with Crippen molar-refractivity contribution < 1.29 is 39.6 Å². The number of para-hydroxylation sites is 1. The second kappa shape index (κ2) is 10.4. The topological polar surface area (TPSA) is 206 Å². The summed E-state index contributed by atoms with van der Waals surface area (Å²) in [6.45, 7) is 0. The molecule has 4 atom stereocenters. The molecule has 0 radical (unpaired) electrons. The number of fused-ring (bicyclic) bond motifs is 3. The van der Waals surface area contributed by atoms with Gasteiger partial charge in [0.05, 0.1) is 17.3 Å². The summed E-state index contributed by atoms with van der Waals surface area (Å²) in [4.78, 5) is 55.4. The fourth-order valence-corrected chi connectivity index (χ4v) is 6.59. The van der Waals surface area contributed by atoms with Crippen molar-refractivity contribution in [3.8, 4) is 5.75 Å². The molecule has 0 aromatic heterocycles. The average Bonchev–Trinajstić information content (AvgIpc) is 2.92. The summed E-state index contributed by atoms with van der Waals surface area (Å²) in [5.41, 5.74) is 2.79. The number of aliphatic hydroxyl groups is 3. The fourth-order valence-electron chi connectivity index (χ4n) is 6.59. The molecule has 0 heterocycles. The number of primary amides is 1. The summed E-state index contributed by atoms with van der Waals surface area (Å²) in [5.74, 6) is -7.45. The average molecular weight is 592 g/mol. The molecule has 2 aromatic carbocycles. The molecule has 0 bridgehead atoms. The number of nitrogens with two attached hydrogens (primary N) is 1. The molecule has 3 aliphatic carbocycles. The molecular weight excluding hydrogens is 558 g/mol. The van der Waals surface area contributed by atoms with Gasteiger partial charge in [0.25, 0.3) is 5.91 Å². The largest absolute Gasteiger partial charge is 0.508 e. The Morgan fingerprint density at radius 1 is 1.02 bits per heavy atom. The second-order valence-electron chi connectivity index (χ2n) is 11.4. The lowest BCUT2D eigenvalue weighted by atomic mass is 9.57. The first kappa shape index (κ1) is 29.6. The number of ketones is 2. The molecule has 3 amide bonds. The zero-order valence-electron chi connectivity index (χ0n) is 24.0. The van der Waals surface area contributed by atoms with Crippen molar-refractivity contribution in [1.82, 2.24) is 4.90 Å². The molecule has 8 N–H and O–H groups in total. The van der Waals surface area contributed by atoms with E-state index in [9.17, 15) is 39.6 Å². The van der Waals surface area contributed by atoms with E-state index >= 15 is 0 Å². The Hall–Kier alpha value is -4.88. The maximum absolute atomic E-state index is 14.1. The van der Waals surface area contributed by atoms with Gasteiger partial charge in [-0.15, -0.1) is 0 Å². The molecule has 5 rings (SSSR count). The Morgan fingerprint density at radius 2 is 1.67 bits per heavy atom. The van der Waals surface area contributed by atoms with E-state index in [2.05, 4.69) is 10.6 Å². The molecule has 1 fully saturated rings. The molecular formula is C30H33N5O8. The van der Waals surface area contributed by atoms with Crippen LogP contribution in [0.5, 0.6) is 5.75 Å². The highest BCUT2D eigenvalue weighted by atomic mass is 16.3. The van der Waals surface area contributed by atoms with Gasteiger partial charge in [0, 0.05) is 37.0 Å². The van der Waals surface area contributed by atoms with E-state index < -0.39 is 69.8 Å². The summed E-state index contributed by atoms with van der Waals surface area (Å²) >= 11 is 0. The van der Waals surface area contributed by atoms with Crippen LogP contribution < -0.4 is 21.3 Å². The molecule has 0 saturated heterocycles. The number of aliphatic hydroxyl groups excluding tert-OH is 2. The summed E-state index contributed by atoms with van der Waals surface area (Å²) < 4.78 is 0. The highest BCUT2D eigenvalue weighted by Crippen LogP contribution is 2.54. The van der Waals surface area contributed by atoms with Crippen molar-refractivity contribution in [2.75, 3.05) is 43.7 Å². The van der Waals surface area contributed by atoms with Crippen LogP contribution in [-0.2, 0) is 20.8 Å². The van der Waals surface area contributed by atoms with Gasteiger partial charge >= 0.3 is 6.03 Å². The van der Waals surface area contributed by atoms with Crippen LogP contribution in [0.1, 0.15) is 17.5 Å². The van der Waals surface area contributed by atoms with E-state index in [1.807, 2.05) is 0 Å². The molecule has 2 aromatic rings. The number of hydrogen-bond acceptors (Lipinski definition) is 10. The van der Waals surface area contributed by atoms with Gasteiger partial charge in [0.2, 0.25) is 5.78 Å². The molecule has 43 heavy (non-hydrogen) atoms. The van der Waals surface area contributed by atoms with Gasteiger partial charge in [-0.2, -0.15) is 0 Å². The number of nitrogens with one attached hydrogen (secondary N) is 2. The van der Waals surface area contributed by atoms with E-state index in [1.165, 1.54) is 19.0 Å². The van der Waals surface area contributed by atoms with Crippen LogP contribution in [0.2, 0.25) is 0 Å². The molecule has 0 unspecified atom stereocenters. The lowest BCUT2D eigenvalue weighted by Gasteiger charge is -2.50. The predicted molar refractivity (Wildman–Crippen MR) is 158 cm³/mol. The predicted octanol–water partition coefficient (Wildman–Crippen LogP) is 1.67. The van der Waals surface area contributed by atoms with E-state index in [0.29, 0.717) is 16.9 Å². The SMILES string of the molecule is CN(C)c1cc(NC(=O)Nc2ccccc2)c(O)c2c1C[C@@H]1C[C@@H]3[C@@H](N(C)C)C(=O)C(C(N)=O)=C(O)[C@]3(O)C(=O)C1=C2O. The second-order valence-corrected chi connectivity index (χ2v) is 11.4. The summed E-state index contributed by atoms with van der Waals surface area (Å²) in [6, 6.07) is 8.30. The third-order valence-corrected chi connectivity index (χ3v) is 8.46. The Kier molecular flexibility index (Phi) is 7.19. The van der Waals surface area contributed by atoms with Crippen LogP contribution in [0.3, 0.4) is 0 Å². The molecule has 3 aliphatic rings. The van der Waals surface area contributed by atoms with Gasteiger partial charge in [-0.05, 0) is 56.6 Å². The zero-order valence-corrected chi connectivity index (χ0v) is 24.0. The standard InChI is InChI=1S/C30H33N5O8/c1-34(2)18-12-17(33-29(42)32-14-8-6-5-7-9-14)23(36)20-15(18)10-13-11-16-22(35(3)4)25(38)21(28(31)41)27(40)30(16,43)26(39)19(13)24(20)37/h5-9,12-13,16,22,36-37,40,43H,10-11H2,1-4H3,(H2,31,41)(H2,32,33,42)/t13-,16-,22-,30-/m1/s1. The first-order valence-electron chi connectivity index (χ1n) is 13.5. The van der Waals surface area contributed by atoms with Gasteiger partial charge in [0.15, 0.2) is 17.1 Å². The van der Waals surface area contributed by atoms with Crippen LogP contribution >= 0.6 is 0 Å². The number of amides is 3. The maximum atomic E-state index is 14.1. The third kappa shape index (κ3) is 4.48. The van der Waals surface area contributed by atoms with E-state index in [0.717, 1.165) is 0 Å². The molecule has 0 spiro atoms. The minimum atomic E-state index is -2.74. The van der Waals surface area contributed by atoms with Gasteiger partial charge in [-0.25, -0.2) is 4.79 Å². The Labute approximate surface area is 246 Å². The molecule has 0 aliphatic heterocycles. The van der Waals surface area contributed by atoms with Gasteiger partial charge < -0.3 is 41.7 Å². The van der Waals surface area contributed by atoms with Crippen molar-refractivity contribution in [2.45, 2.75) is 24.5 Å². The van der Waals surface area contributed by atoms with Crippen molar-refractivity contribution in [2.24, 2.45) is 17.6 Å². The van der Waals surface area contributed by atoms with Crippen LogP contribution in [0.25, 0.3) is 5.76 Å². The van der Waals surface area contributed by atoms with Crippen molar-refractivity contribution in [3.05, 3.63) is 64.4 Å². The van der Waals surface area contributed by atoms with Crippen LogP contribution in [-0.4, -0.2) is 88.7 Å². The highest BCUT2D eigenvalue weighted by molar-refractivity contribution is 6.24. The summed E-state index contributed by atoms with van der Waals surface area (Å²) in [7, 11) is 6.55. The number of Topliss-reactive ketones (excluding diaryl/α,β-unsaturated/α-hetero) is 2. The summed E-state index contributed by atoms with van der Waals surface area (Å²) in [5, 5.41) is 50.9. The quantitative estimate of drug-likeness (QED) is 0.198. The molecule has 13 nitrogen and oxygen atoms in total. The van der Waals surface area contributed by atoms with Crippen LogP contribution in [0.15, 0.2) is 53.3 Å². The summed E-state index contributed by atoms with van der Waals surface area (Å²) in [6.07, 6.45) is 0.0883. The molecule has 1 saturated carbocycles. The third-order valence-electron chi connectivity index (χ3n) is 8.46. The number of likely N-dealkylation sites (N-methyl/N-ethyl adjacent to an activating group) is 1. The van der Waals surface area contributed by atoms with E-state index in [-0.39, 0.29) is 29.7 Å². The smallest absolute Gasteiger partial charge is 0.323 e. The number of rotatable bonds is 5. The number of anilines is 3. The fraction of sp³-hybridized carbons (Fsp3) is 0.333. The van der Waals surface area contributed by atoms with E-state index in [4.69, 9.17) is 5.73 Å². The number of benzene rings is 2. The van der Waals surface area contributed by atoms with Gasteiger partial charge in [-0.1, -0.05) is 18.2 Å². The first-order chi connectivity index (χ1) is 20.2. The van der Waals surface area contributed by atoms with E-state index in [1.54, 1.807) is 55.4 Å². The van der Waals surface area contributed by atoms with Crippen LogP contribution in [0.4, 0.5) is 21.9 Å². The van der Waals surface area contributed by atoms with Crippen molar-refractivity contribution in [3.63, 3.8) is 0 Å². The number of phenolic OH excluding ortho intramolecular Hbond substituents is 1. The number of aromatic hydroxyl groups is 1. The number of urea groups is 1. The Bertz CT molecular complexity index is 1630. The minimum Gasteiger partial charge on any atom is -0.508 e. The zero-order chi connectivity index (χ0) is 31.5. The van der Waals surface area contributed by atoms with Crippen LogP contribution in [0, 0.1) is 11.8 Å². The monoisotopic (exact) mass is 591 g/mol. The number of hydrogen-bond donors (Lipinski definition) is 7. The number of carbonyl (C=O) groups is 4. The number of nitrogens with zero attached hydrogens (tertiary/aromatic N) is 2. The lowest BCUT2D eigenvalue weighted by Crippen LogP contribution is -2.65. The normalized spacial score (nSPS) is 24.7. The first-order valence-corrected chi connectivity index (χ1v) is 13.5. The Balaban J connectivity index is 1.65. The number of carbonyl (C=O) groups excluding carboxylic acids is 4. The van der Waals surface area contributed by atoms with Gasteiger partial charge in [-0.3, -0.25) is 19.3 Å². The van der Waals surface area contributed by atoms with Gasteiger partial charge in [0.1, 0.15) is 17.1 Å². The molecule has 226 valence electrons.